The Balaban J connectivity index is 2.97. The van der Waals surface area contributed by atoms with Gasteiger partial charge in [0, 0.05) is 6.54 Å². The highest BCUT2D eigenvalue weighted by molar-refractivity contribution is 5.97. The van der Waals surface area contributed by atoms with E-state index >= 15 is 0 Å². The van der Waals surface area contributed by atoms with Crippen LogP contribution in [-0.4, -0.2) is 82.1 Å². The lowest BCUT2D eigenvalue weighted by Crippen LogP contribution is -2.57. The van der Waals surface area contributed by atoms with E-state index in [1.54, 1.807) is 0 Å². The maximum absolute atomic E-state index is 13.0. The van der Waals surface area contributed by atoms with Crippen molar-refractivity contribution in [3.8, 4) is 0 Å². The number of carbonyl (C=O) groups is 7. The lowest BCUT2D eigenvalue weighted by Gasteiger charge is -2.29. The maximum atomic E-state index is 13.0. The van der Waals surface area contributed by atoms with Gasteiger partial charge >= 0.3 is 5.97 Å². The zero-order valence-electron chi connectivity index (χ0n) is 17.1. The molecule has 0 radical (unpaired) electrons. The molecule has 15 heteroatoms. The number of nitrogens with zero attached hydrogens (tertiary/aromatic N) is 1. The first-order valence-electron chi connectivity index (χ1n) is 9.58. The molecule has 0 bridgehead atoms. The van der Waals surface area contributed by atoms with Crippen LogP contribution in [0.15, 0.2) is 0 Å². The van der Waals surface area contributed by atoms with Crippen molar-refractivity contribution in [1.29, 1.82) is 0 Å². The molecule has 1 saturated heterocycles. The molecule has 1 rings (SSSR count). The van der Waals surface area contributed by atoms with Crippen LogP contribution >= 0.6 is 0 Å². The summed E-state index contributed by atoms with van der Waals surface area (Å²) in [5.74, 6) is -6.84. The van der Waals surface area contributed by atoms with E-state index in [9.17, 15) is 33.6 Å². The van der Waals surface area contributed by atoms with Crippen LogP contribution in [0, 0.1) is 0 Å². The van der Waals surface area contributed by atoms with Crippen molar-refractivity contribution in [3.63, 3.8) is 0 Å². The normalized spacial score (nSPS) is 18.2. The molecule has 11 N–H and O–H groups in total. The summed E-state index contributed by atoms with van der Waals surface area (Å²) in [7, 11) is 0. The third-order valence-corrected chi connectivity index (χ3v) is 4.64. The Morgan fingerprint density at radius 2 is 1.41 bits per heavy atom. The van der Waals surface area contributed by atoms with Crippen molar-refractivity contribution < 1.29 is 38.7 Å². The molecule has 15 nitrogen and oxygen atoms in total. The van der Waals surface area contributed by atoms with Crippen molar-refractivity contribution >= 4 is 41.4 Å². The largest absolute Gasteiger partial charge is 0.480 e. The highest BCUT2D eigenvalue weighted by atomic mass is 16.4. The second kappa shape index (κ2) is 11.6. The first-order chi connectivity index (χ1) is 14.8. The standard InChI is InChI=1S/C17H27N7O8/c18-7(4-11(19)25)14(28)22-8(5-12(20)26)16(30)24-3-1-2-10(24)15(29)23-9(17(31)32)6-13(21)27/h7-10H,1-6,18H2,(H2,19,25)(H2,20,26)(H2,21,27)(H,22,28)(H,23,29)(H,31,32). The summed E-state index contributed by atoms with van der Waals surface area (Å²) in [5.41, 5.74) is 20.6. The zero-order valence-corrected chi connectivity index (χ0v) is 17.1. The lowest BCUT2D eigenvalue weighted by atomic mass is 10.1. The van der Waals surface area contributed by atoms with Crippen LogP contribution in [-0.2, 0) is 33.6 Å². The van der Waals surface area contributed by atoms with Crippen LogP contribution in [0.5, 0.6) is 0 Å². The Morgan fingerprint density at radius 1 is 0.875 bits per heavy atom. The summed E-state index contributed by atoms with van der Waals surface area (Å²) >= 11 is 0. The van der Waals surface area contributed by atoms with Crippen LogP contribution in [0.25, 0.3) is 0 Å². The van der Waals surface area contributed by atoms with Gasteiger partial charge in [0.1, 0.15) is 18.1 Å². The van der Waals surface area contributed by atoms with Gasteiger partial charge in [0.05, 0.1) is 25.3 Å². The molecule has 0 aromatic carbocycles. The summed E-state index contributed by atoms with van der Waals surface area (Å²) in [4.78, 5) is 83.4. The summed E-state index contributed by atoms with van der Waals surface area (Å²) in [6.07, 6.45) is -1.23. The van der Waals surface area contributed by atoms with E-state index in [2.05, 4.69) is 10.6 Å². The van der Waals surface area contributed by atoms with Crippen LogP contribution in [0.4, 0.5) is 0 Å². The predicted octanol–water partition coefficient (Wildman–Crippen LogP) is -5.01. The van der Waals surface area contributed by atoms with E-state index in [0.717, 1.165) is 4.90 Å². The van der Waals surface area contributed by atoms with E-state index in [4.69, 9.17) is 28.0 Å². The fourth-order valence-corrected chi connectivity index (χ4v) is 3.16. The van der Waals surface area contributed by atoms with Crippen molar-refractivity contribution in [3.05, 3.63) is 0 Å². The SMILES string of the molecule is NC(=O)CC(N)C(=O)NC(CC(N)=O)C(=O)N1CCCC1C(=O)NC(CC(N)=O)C(=O)O. The predicted molar refractivity (Wildman–Crippen MR) is 106 cm³/mol. The second-order valence-corrected chi connectivity index (χ2v) is 7.27. The van der Waals surface area contributed by atoms with Gasteiger partial charge in [-0.3, -0.25) is 28.8 Å². The molecule has 0 saturated carbocycles. The van der Waals surface area contributed by atoms with Gasteiger partial charge in [-0.25, -0.2) is 4.79 Å². The van der Waals surface area contributed by atoms with Crippen LogP contribution in [0.1, 0.15) is 32.1 Å². The van der Waals surface area contributed by atoms with Crippen LogP contribution in [0.2, 0.25) is 0 Å². The Hall–Kier alpha value is -3.75. The molecule has 1 aliphatic rings. The first-order valence-corrected chi connectivity index (χ1v) is 9.58. The number of rotatable bonds is 12. The zero-order chi connectivity index (χ0) is 24.6. The van der Waals surface area contributed by atoms with Gasteiger partial charge < -0.3 is 43.6 Å². The van der Waals surface area contributed by atoms with Gasteiger partial charge in [0.25, 0.3) is 0 Å². The van der Waals surface area contributed by atoms with Crippen molar-refractivity contribution in [2.75, 3.05) is 6.54 Å². The summed E-state index contributed by atoms with van der Waals surface area (Å²) < 4.78 is 0. The highest BCUT2D eigenvalue weighted by Gasteiger charge is 2.39. The van der Waals surface area contributed by atoms with Crippen LogP contribution in [0.3, 0.4) is 0 Å². The van der Waals surface area contributed by atoms with Gasteiger partial charge in [-0.2, -0.15) is 0 Å². The number of hydrogen-bond acceptors (Lipinski definition) is 8. The Kier molecular flexibility index (Phi) is 9.52. The fourth-order valence-electron chi connectivity index (χ4n) is 3.16. The summed E-state index contributed by atoms with van der Waals surface area (Å²) in [6.45, 7) is 0.0724. The van der Waals surface area contributed by atoms with Gasteiger partial charge in [-0.1, -0.05) is 0 Å². The van der Waals surface area contributed by atoms with Gasteiger partial charge in [-0.15, -0.1) is 0 Å². The molecule has 0 spiro atoms. The quantitative estimate of drug-likeness (QED) is 0.147. The molecule has 0 aliphatic carbocycles. The number of aliphatic carboxylic acids is 1. The number of carboxylic acid groups (broad SMARTS) is 1. The van der Waals surface area contributed by atoms with Gasteiger partial charge in [0.15, 0.2) is 0 Å². The molecule has 1 fully saturated rings. The number of amides is 6. The van der Waals surface area contributed by atoms with Crippen LogP contribution < -0.4 is 33.6 Å². The highest BCUT2D eigenvalue weighted by Crippen LogP contribution is 2.20. The first kappa shape index (κ1) is 26.3. The number of carboxylic acids is 1. The summed E-state index contributed by atoms with van der Waals surface area (Å²) in [6, 6.07) is -5.57. The monoisotopic (exact) mass is 457 g/mol. The third kappa shape index (κ3) is 7.82. The van der Waals surface area contributed by atoms with Crippen molar-refractivity contribution in [1.82, 2.24) is 15.5 Å². The Labute approximate surface area is 182 Å². The van der Waals surface area contributed by atoms with Crippen molar-refractivity contribution in [2.45, 2.75) is 56.3 Å². The number of hydrogen-bond donors (Lipinski definition) is 7. The molecule has 6 amide bonds. The minimum atomic E-state index is -1.59. The molecule has 4 unspecified atom stereocenters. The molecular weight excluding hydrogens is 430 g/mol. The maximum Gasteiger partial charge on any atom is 0.326 e. The minimum absolute atomic E-state index is 0.0724. The molecular formula is C17H27N7O8. The Morgan fingerprint density at radius 3 is 1.91 bits per heavy atom. The molecule has 0 aromatic rings. The number of primary amides is 3. The van der Waals surface area contributed by atoms with E-state index in [1.165, 1.54) is 0 Å². The molecule has 1 heterocycles. The van der Waals surface area contributed by atoms with E-state index in [0.29, 0.717) is 6.42 Å². The molecule has 1 aliphatic heterocycles. The summed E-state index contributed by atoms with van der Waals surface area (Å²) in [5, 5.41) is 13.5. The number of nitrogens with one attached hydrogen (secondary N) is 2. The number of carbonyl (C=O) groups excluding carboxylic acids is 6. The average Bonchev–Trinajstić information content (AvgIpc) is 3.14. The third-order valence-electron chi connectivity index (χ3n) is 4.64. The Bertz CT molecular complexity index is 802. The molecule has 0 aromatic heterocycles. The topological polar surface area (TPSA) is 271 Å². The lowest BCUT2D eigenvalue weighted by molar-refractivity contribution is -0.146. The minimum Gasteiger partial charge on any atom is -0.480 e. The van der Waals surface area contributed by atoms with E-state index in [1.807, 2.05) is 0 Å². The number of likely N-dealkylation sites (tertiary alicyclic amines) is 1. The molecule has 32 heavy (non-hydrogen) atoms. The second-order valence-electron chi connectivity index (χ2n) is 7.27. The van der Waals surface area contributed by atoms with E-state index < -0.39 is 84.8 Å². The van der Waals surface area contributed by atoms with Crippen molar-refractivity contribution in [2.24, 2.45) is 22.9 Å². The number of nitrogens with two attached hydrogens (primary N) is 4. The smallest absolute Gasteiger partial charge is 0.326 e. The van der Waals surface area contributed by atoms with E-state index in [-0.39, 0.29) is 13.0 Å². The average molecular weight is 457 g/mol. The molecule has 178 valence electrons. The van der Waals surface area contributed by atoms with Gasteiger partial charge in [-0.05, 0) is 12.8 Å². The fraction of sp³-hybridized carbons (Fsp3) is 0.588. The molecule has 4 atom stereocenters. The van der Waals surface area contributed by atoms with Gasteiger partial charge in [0.2, 0.25) is 35.4 Å².